The van der Waals surface area contributed by atoms with E-state index in [9.17, 15) is 19.1 Å². The van der Waals surface area contributed by atoms with Crippen LogP contribution in [0.2, 0.25) is 0 Å². The van der Waals surface area contributed by atoms with E-state index >= 15 is 0 Å². The number of hydrogen-bond donors (Lipinski definition) is 2. The number of benzene rings is 1. The van der Waals surface area contributed by atoms with Crippen LogP contribution in [0.1, 0.15) is 16.3 Å². The summed E-state index contributed by atoms with van der Waals surface area (Å²) in [7, 11) is 0. The van der Waals surface area contributed by atoms with Crippen molar-refractivity contribution in [3.63, 3.8) is 0 Å². The summed E-state index contributed by atoms with van der Waals surface area (Å²) in [4.78, 5) is 25.4. The Morgan fingerprint density at radius 2 is 2.10 bits per heavy atom. The van der Waals surface area contributed by atoms with Gasteiger partial charge in [0, 0.05) is 17.9 Å². The second kappa shape index (κ2) is 6.27. The lowest BCUT2D eigenvalue weighted by Crippen LogP contribution is -2.09. The third-order valence-electron chi connectivity index (χ3n) is 2.54. The molecule has 21 heavy (non-hydrogen) atoms. The highest BCUT2D eigenvalue weighted by atomic mass is 32.1. The van der Waals surface area contributed by atoms with Gasteiger partial charge in [0.15, 0.2) is 0 Å². The first-order chi connectivity index (χ1) is 9.95. The summed E-state index contributed by atoms with van der Waals surface area (Å²) in [6.45, 7) is 0. The van der Waals surface area contributed by atoms with Gasteiger partial charge in [-0.25, -0.2) is 14.2 Å². The van der Waals surface area contributed by atoms with Crippen LogP contribution in [0.5, 0.6) is 0 Å². The normalized spacial score (nSPS) is 11.4. The lowest BCUT2D eigenvalue weighted by atomic mass is 10.1. The van der Waals surface area contributed by atoms with Crippen LogP contribution in [0.3, 0.4) is 0 Å². The standard InChI is InChI=1S/C14H10FNO4S/c15-9-3-1-2-8(4-9)5-13-16-10(7-21-13)11(17)6-12(18)14(19)20/h1-4,6-7,17H,5H2,(H,19,20). The summed E-state index contributed by atoms with van der Waals surface area (Å²) in [5.74, 6) is -3.74. The van der Waals surface area contributed by atoms with Crippen molar-refractivity contribution in [3.8, 4) is 0 Å². The minimum atomic E-state index is -1.66. The molecule has 1 heterocycles. The molecule has 5 nitrogen and oxygen atoms in total. The molecule has 2 aromatic rings. The Morgan fingerprint density at radius 1 is 1.33 bits per heavy atom. The zero-order valence-corrected chi connectivity index (χ0v) is 11.4. The highest BCUT2D eigenvalue weighted by Gasteiger charge is 2.13. The monoisotopic (exact) mass is 307 g/mol. The maximum absolute atomic E-state index is 13.1. The van der Waals surface area contributed by atoms with Gasteiger partial charge in [0.05, 0.1) is 5.01 Å². The minimum absolute atomic E-state index is 0.112. The SMILES string of the molecule is O=C(O)C(=O)C=C(O)c1csc(Cc2cccc(F)c2)n1. The molecule has 1 aromatic carbocycles. The molecular formula is C14H10FNO4S. The van der Waals surface area contributed by atoms with Gasteiger partial charge in [-0.15, -0.1) is 11.3 Å². The molecule has 0 spiro atoms. The molecule has 0 amide bonds. The zero-order chi connectivity index (χ0) is 15.4. The van der Waals surface area contributed by atoms with Crippen molar-refractivity contribution >= 4 is 28.8 Å². The number of nitrogens with zero attached hydrogens (tertiary/aromatic N) is 1. The van der Waals surface area contributed by atoms with E-state index in [1.54, 1.807) is 12.1 Å². The number of carboxylic acids is 1. The first-order valence-corrected chi connectivity index (χ1v) is 6.71. The molecule has 2 rings (SSSR count). The van der Waals surface area contributed by atoms with E-state index in [1.165, 1.54) is 28.8 Å². The number of thiazole rings is 1. The fraction of sp³-hybridized carbons (Fsp3) is 0.0714. The van der Waals surface area contributed by atoms with Crippen molar-refractivity contribution in [2.45, 2.75) is 6.42 Å². The van der Waals surface area contributed by atoms with E-state index in [4.69, 9.17) is 5.11 Å². The molecule has 7 heteroatoms. The predicted octanol–water partition coefficient (Wildman–Crippen LogP) is 2.43. The molecule has 0 aliphatic carbocycles. The molecule has 0 fully saturated rings. The van der Waals surface area contributed by atoms with E-state index in [0.29, 0.717) is 17.5 Å². The van der Waals surface area contributed by atoms with Gasteiger partial charge in [-0.3, -0.25) is 4.79 Å². The highest BCUT2D eigenvalue weighted by molar-refractivity contribution is 7.09. The van der Waals surface area contributed by atoms with Gasteiger partial charge >= 0.3 is 5.97 Å². The molecule has 0 saturated heterocycles. The number of carboxylic acid groups (broad SMARTS) is 1. The van der Waals surface area contributed by atoms with E-state index in [0.717, 1.165) is 5.56 Å². The Kier molecular flexibility index (Phi) is 4.44. The number of aliphatic carboxylic acids is 1. The molecule has 108 valence electrons. The van der Waals surface area contributed by atoms with Gasteiger partial charge in [0.1, 0.15) is 17.3 Å². The van der Waals surface area contributed by atoms with Crippen LogP contribution in [0.15, 0.2) is 35.7 Å². The van der Waals surface area contributed by atoms with Crippen molar-refractivity contribution in [2.75, 3.05) is 0 Å². The Morgan fingerprint density at radius 3 is 2.76 bits per heavy atom. The molecule has 0 atom stereocenters. The molecule has 0 bridgehead atoms. The minimum Gasteiger partial charge on any atom is -0.506 e. The first-order valence-electron chi connectivity index (χ1n) is 5.83. The predicted molar refractivity (Wildman–Crippen MR) is 74.6 cm³/mol. The average molecular weight is 307 g/mol. The van der Waals surface area contributed by atoms with Crippen LogP contribution >= 0.6 is 11.3 Å². The van der Waals surface area contributed by atoms with Crippen LogP contribution in [0.25, 0.3) is 5.76 Å². The Labute approximate surface area is 123 Å². The molecule has 0 saturated carbocycles. The van der Waals surface area contributed by atoms with Crippen LogP contribution < -0.4 is 0 Å². The largest absolute Gasteiger partial charge is 0.506 e. The fourth-order valence-electron chi connectivity index (χ4n) is 1.59. The van der Waals surface area contributed by atoms with Crippen LogP contribution in [0, 0.1) is 5.82 Å². The number of rotatable bonds is 5. The van der Waals surface area contributed by atoms with Crippen LogP contribution in [0.4, 0.5) is 4.39 Å². The van der Waals surface area contributed by atoms with E-state index in [1.807, 2.05) is 0 Å². The molecule has 0 unspecified atom stereocenters. The van der Waals surface area contributed by atoms with E-state index < -0.39 is 17.5 Å². The molecule has 0 aliphatic rings. The second-order valence-corrected chi connectivity index (χ2v) is 5.07. The fourth-order valence-corrected chi connectivity index (χ4v) is 2.41. The van der Waals surface area contributed by atoms with Gasteiger partial charge in [0.2, 0.25) is 0 Å². The van der Waals surface area contributed by atoms with Crippen LogP contribution in [-0.4, -0.2) is 26.9 Å². The number of aromatic nitrogens is 1. The number of aliphatic hydroxyl groups is 1. The lowest BCUT2D eigenvalue weighted by molar-refractivity contribution is -0.146. The molecule has 2 N–H and O–H groups in total. The number of carbonyl (C=O) groups excluding carboxylic acids is 1. The van der Waals surface area contributed by atoms with Gasteiger partial charge < -0.3 is 10.2 Å². The summed E-state index contributed by atoms with van der Waals surface area (Å²) in [6, 6.07) is 6.05. The Balaban J connectivity index is 2.15. The summed E-state index contributed by atoms with van der Waals surface area (Å²) in [5.41, 5.74) is 0.835. The summed E-state index contributed by atoms with van der Waals surface area (Å²) < 4.78 is 13.1. The number of halogens is 1. The smallest absolute Gasteiger partial charge is 0.376 e. The average Bonchev–Trinajstić information content (AvgIpc) is 2.87. The number of hydrogen-bond acceptors (Lipinski definition) is 5. The first kappa shape index (κ1) is 14.9. The molecule has 0 aliphatic heterocycles. The van der Waals surface area contributed by atoms with Crippen molar-refractivity contribution in [3.05, 3.63) is 57.8 Å². The van der Waals surface area contributed by atoms with Crippen LogP contribution in [-0.2, 0) is 16.0 Å². The van der Waals surface area contributed by atoms with Crippen molar-refractivity contribution in [2.24, 2.45) is 0 Å². The van der Waals surface area contributed by atoms with Gasteiger partial charge in [0.25, 0.3) is 5.78 Å². The lowest BCUT2D eigenvalue weighted by Gasteiger charge is -1.98. The van der Waals surface area contributed by atoms with E-state index in [2.05, 4.69) is 4.98 Å². The second-order valence-electron chi connectivity index (χ2n) is 4.13. The molecular weight excluding hydrogens is 297 g/mol. The molecule has 1 aromatic heterocycles. The zero-order valence-electron chi connectivity index (χ0n) is 10.6. The van der Waals surface area contributed by atoms with Gasteiger partial charge in [-0.2, -0.15) is 0 Å². The Hall–Kier alpha value is -2.54. The summed E-state index contributed by atoms with van der Waals surface area (Å²) in [6.07, 6.45) is 0.978. The third-order valence-corrected chi connectivity index (χ3v) is 3.39. The van der Waals surface area contributed by atoms with E-state index in [-0.39, 0.29) is 11.5 Å². The Bertz CT molecular complexity index is 723. The molecule has 0 radical (unpaired) electrons. The maximum Gasteiger partial charge on any atom is 0.376 e. The topological polar surface area (TPSA) is 87.5 Å². The van der Waals surface area contributed by atoms with Gasteiger partial charge in [-0.1, -0.05) is 12.1 Å². The summed E-state index contributed by atoms with van der Waals surface area (Å²) in [5, 5.41) is 20.2. The number of aliphatic hydroxyl groups excluding tert-OH is 1. The summed E-state index contributed by atoms with van der Waals surface area (Å²) >= 11 is 1.22. The third kappa shape index (κ3) is 3.96. The maximum atomic E-state index is 13.1. The number of carbonyl (C=O) groups is 2. The quantitative estimate of drug-likeness (QED) is 0.503. The van der Waals surface area contributed by atoms with Crippen molar-refractivity contribution in [1.29, 1.82) is 0 Å². The van der Waals surface area contributed by atoms with Gasteiger partial charge in [-0.05, 0) is 17.7 Å². The van der Waals surface area contributed by atoms with Crippen molar-refractivity contribution < 1.29 is 24.2 Å². The van der Waals surface area contributed by atoms with Crippen molar-refractivity contribution in [1.82, 2.24) is 4.98 Å². The number of ketones is 1. The highest BCUT2D eigenvalue weighted by Crippen LogP contribution is 2.19.